The van der Waals surface area contributed by atoms with Crippen LogP contribution in [0.3, 0.4) is 0 Å². The Morgan fingerprint density at radius 1 is 1.48 bits per heavy atom. The largest absolute Gasteiger partial charge is 0.321 e. The molecule has 112 valence electrons. The number of amides is 3. The molecule has 21 heavy (non-hydrogen) atoms. The Morgan fingerprint density at radius 3 is 2.95 bits per heavy atom. The van der Waals surface area contributed by atoms with E-state index in [0.29, 0.717) is 10.8 Å². The average molecular weight is 327 g/mol. The van der Waals surface area contributed by atoms with Gasteiger partial charge in [0.15, 0.2) is 0 Å². The van der Waals surface area contributed by atoms with E-state index in [1.807, 2.05) is 18.2 Å². The van der Waals surface area contributed by atoms with E-state index in [9.17, 15) is 14.4 Å². The van der Waals surface area contributed by atoms with Crippen molar-refractivity contribution in [3.8, 4) is 0 Å². The summed E-state index contributed by atoms with van der Waals surface area (Å²) >= 11 is 7.32. The van der Waals surface area contributed by atoms with Crippen LogP contribution < -0.4 is 5.32 Å². The van der Waals surface area contributed by atoms with Gasteiger partial charge in [0, 0.05) is 10.8 Å². The molecule has 1 saturated heterocycles. The molecule has 0 bridgehead atoms. The molecule has 2 rings (SSSR count). The number of imide groups is 1. The number of hydrogen-bond acceptors (Lipinski definition) is 4. The minimum absolute atomic E-state index is 0.0660. The smallest absolute Gasteiger partial charge is 0.249 e. The Morgan fingerprint density at radius 2 is 2.24 bits per heavy atom. The molecule has 0 saturated carbocycles. The van der Waals surface area contributed by atoms with E-state index in [1.54, 1.807) is 13.0 Å². The fourth-order valence-corrected chi connectivity index (χ4v) is 3.06. The van der Waals surface area contributed by atoms with E-state index in [4.69, 9.17) is 11.6 Å². The van der Waals surface area contributed by atoms with Gasteiger partial charge in [0.2, 0.25) is 17.7 Å². The molecule has 0 aromatic heterocycles. The number of nitrogens with one attached hydrogen (secondary N) is 1. The standard InChI is InChI=1S/C14H15ClN2O3S/c1-9-14(20)16-12(18)6-17(9)13(19)8-21-7-10-3-2-4-11(15)5-10/h2-5,9H,6-8H2,1H3,(H,16,18,20). The van der Waals surface area contributed by atoms with Gasteiger partial charge in [-0.25, -0.2) is 0 Å². The summed E-state index contributed by atoms with van der Waals surface area (Å²) in [6, 6.07) is 6.82. The highest BCUT2D eigenvalue weighted by atomic mass is 35.5. The van der Waals surface area contributed by atoms with Gasteiger partial charge in [-0.05, 0) is 24.6 Å². The molecule has 1 unspecified atom stereocenters. The lowest BCUT2D eigenvalue weighted by Crippen LogP contribution is -2.59. The fourth-order valence-electron chi connectivity index (χ4n) is 1.98. The molecule has 0 spiro atoms. The third-order valence-electron chi connectivity index (χ3n) is 3.13. The second kappa shape index (κ2) is 6.95. The quantitative estimate of drug-likeness (QED) is 0.850. The van der Waals surface area contributed by atoms with Crippen molar-refractivity contribution in [3.05, 3.63) is 34.9 Å². The van der Waals surface area contributed by atoms with Crippen LogP contribution in [0.15, 0.2) is 24.3 Å². The molecule has 1 aliphatic heterocycles. The monoisotopic (exact) mass is 326 g/mol. The van der Waals surface area contributed by atoms with Gasteiger partial charge in [0.25, 0.3) is 0 Å². The first kappa shape index (κ1) is 15.9. The highest BCUT2D eigenvalue weighted by Gasteiger charge is 2.33. The number of carbonyl (C=O) groups excluding carboxylic acids is 3. The highest BCUT2D eigenvalue weighted by Crippen LogP contribution is 2.17. The summed E-state index contributed by atoms with van der Waals surface area (Å²) in [6.07, 6.45) is 0. The van der Waals surface area contributed by atoms with E-state index in [2.05, 4.69) is 5.32 Å². The van der Waals surface area contributed by atoms with Gasteiger partial charge in [0.1, 0.15) is 12.6 Å². The van der Waals surface area contributed by atoms with Crippen LogP contribution in [-0.4, -0.2) is 41.0 Å². The van der Waals surface area contributed by atoms with E-state index < -0.39 is 17.9 Å². The van der Waals surface area contributed by atoms with Crippen LogP contribution in [0.25, 0.3) is 0 Å². The van der Waals surface area contributed by atoms with Crippen molar-refractivity contribution in [2.45, 2.75) is 18.7 Å². The van der Waals surface area contributed by atoms with Crippen LogP contribution in [0.5, 0.6) is 0 Å². The third kappa shape index (κ3) is 4.22. The second-order valence-corrected chi connectivity index (χ2v) is 6.15. The summed E-state index contributed by atoms with van der Waals surface area (Å²) in [5.74, 6) is -0.213. The first-order valence-corrected chi connectivity index (χ1v) is 7.96. The number of rotatable bonds is 4. The van der Waals surface area contributed by atoms with Crippen molar-refractivity contribution in [2.75, 3.05) is 12.3 Å². The number of thioether (sulfide) groups is 1. The fraction of sp³-hybridized carbons (Fsp3) is 0.357. The molecule has 0 aliphatic carbocycles. The zero-order chi connectivity index (χ0) is 15.4. The molecule has 0 radical (unpaired) electrons. The number of nitrogens with zero attached hydrogens (tertiary/aromatic N) is 1. The van der Waals surface area contributed by atoms with Crippen LogP contribution >= 0.6 is 23.4 Å². The molecule has 1 fully saturated rings. The summed E-state index contributed by atoms with van der Waals surface area (Å²) in [7, 11) is 0. The molecular weight excluding hydrogens is 312 g/mol. The van der Waals surface area contributed by atoms with Crippen molar-refractivity contribution < 1.29 is 14.4 Å². The number of hydrogen-bond donors (Lipinski definition) is 1. The van der Waals surface area contributed by atoms with E-state index in [0.717, 1.165) is 5.56 Å². The van der Waals surface area contributed by atoms with Gasteiger partial charge in [0.05, 0.1) is 5.75 Å². The predicted molar refractivity (Wildman–Crippen MR) is 81.9 cm³/mol. The number of halogens is 1. The zero-order valence-electron chi connectivity index (χ0n) is 11.5. The van der Waals surface area contributed by atoms with Gasteiger partial charge in [-0.1, -0.05) is 23.7 Å². The summed E-state index contributed by atoms with van der Waals surface area (Å²) in [5.41, 5.74) is 1.03. The van der Waals surface area contributed by atoms with Crippen molar-refractivity contribution in [2.24, 2.45) is 0 Å². The van der Waals surface area contributed by atoms with Crippen LogP contribution in [0.1, 0.15) is 12.5 Å². The molecule has 1 N–H and O–H groups in total. The van der Waals surface area contributed by atoms with E-state index in [1.165, 1.54) is 16.7 Å². The lowest BCUT2D eigenvalue weighted by molar-refractivity contribution is -0.148. The first-order chi connectivity index (χ1) is 9.97. The summed E-state index contributed by atoms with van der Waals surface area (Å²) < 4.78 is 0. The van der Waals surface area contributed by atoms with Gasteiger partial charge >= 0.3 is 0 Å². The van der Waals surface area contributed by atoms with Gasteiger partial charge in [-0.2, -0.15) is 0 Å². The summed E-state index contributed by atoms with van der Waals surface area (Å²) in [6.45, 7) is 1.55. The van der Waals surface area contributed by atoms with E-state index in [-0.39, 0.29) is 18.2 Å². The maximum atomic E-state index is 12.1. The topological polar surface area (TPSA) is 66.5 Å². The van der Waals surface area contributed by atoms with Crippen LogP contribution in [0.4, 0.5) is 0 Å². The minimum Gasteiger partial charge on any atom is -0.321 e. The summed E-state index contributed by atoms with van der Waals surface area (Å²) in [4.78, 5) is 36.2. The second-order valence-electron chi connectivity index (χ2n) is 4.73. The highest BCUT2D eigenvalue weighted by molar-refractivity contribution is 7.99. The molecule has 1 atom stereocenters. The Hall–Kier alpha value is -1.53. The van der Waals surface area contributed by atoms with Gasteiger partial charge in [-0.15, -0.1) is 11.8 Å². The van der Waals surface area contributed by atoms with Crippen LogP contribution in [0.2, 0.25) is 5.02 Å². The lowest BCUT2D eigenvalue weighted by Gasteiger charge is -2.31. The van der Waals surface area contributed by atoms with Crippen molar-refractivity contribution in [3.63, 3.8) is 0 Å². The molecule has 1 aliphatic rings. The molecule has 1 aromatic carbocycles. The van der Waals surface area contributed by atoms with Crippen LogP contribution in [-0.2, 0) is 20.1 Å². The Bertz CT molecular complexity index is 579. The van der Waals surface area contributed by atoms with Gasteiger partial charge in [-0.3, -0.25) is 19.7 Å². The summed E-state index contributed by atoms with van der Waals surface area (Å²) in [5, 5.41) is 2.87. The Labute approximate surface area is 132 Å². The van der Waals surface area contributed by atoms with Gasteiger partial charge < -0.3 is 4.90 Å². The molecule has 1 heterocycles. The number of carbonyl (C=O) groups is 3. The molecule has 3 amide bonds. The molecule has 7 heteroatoms. The third-order valence-corrected chi connectivity index (χ3v) is 4.35. The number of benzene rings is 1. The number of piperazine rings is 1. The first-order valence-electron chi connectivity index (χ1n) is 6.42. The lowest BCUT2D eigenvalue weighted by atomic mass is 10.2. The van der Waals surface area contributed by atoms with E-state index >= 15 is 0 Å². The van der Waals surface area contributed by atoms with Crippen molar-refractivity contribution in [1.29, 1.82) is 0 Å². The molecule has 5 nitrogen and oxygen atoms in total. The predicted octanol–water partition coefficient (Wildman–Crippen LogP) is 1.45. The zero-order valence-corrected chi connectivity index (χ0v) is 13.0. The van der Waals surface area contributed by atoms with Crippen molar-refractivity contribution in [1.82, 2.24) is 10.2 Å². The van der Waals surface area contributed by atoms with Crippen LogP contribution in [0, 0.1) is 0 Å². The maximum Gasteiger partial charge on any atom is 0.249 e. The SMILES string of the molecule is CC1C(=O)NC(=O)CN1C(=O)CSCc1cccc(Cl)c1. The Kier molecular flexibility index (Phi) is 5.25. The molecule has 1 aromatic rings. The minimum atomic E-state index is -0.609. The Balaban J connectivity index is 1.86. The van der Waals surface area contributed by atoms with Crippen molar-refractivity contribution >= 4 is 41.1 Å². The molecular formula is C14H15ClN2O3S. The normalized spacial score (nSPS) is 18.6. The average Bonchev–Trinajstić information content (AvgIpc) is 2.42. The maximum absolute atomic E-state index is 12.1.